The molecule has 2 aromatic carbocycles. The minimum atomic E-state index is -3.55. The maximum absolute atomic E-state index is 12.3. The normalized spacial score (nSPS) is 13.2. The lowest BCUT2D eigenvalue weighted by atomic mass is 10.1. The van der Waals surface area contributed by atoms with Gasteiger partial charge in [0, 0.05) is 17.0 Å². The Labute approximate surface area is 172 Å². The van der Waals surface area contributed by atoms with Gasteiger partial charge in [-0.3, -0.25) is 4.79 Å². The van der Waals surface area contributed by atoms with Gasteiger partial charge >= 0.3 is 0 Å². The third-order valence-corrected chi connectivity index (χ3v) is 6.09. The van der Waals surface area contributed by atoms with Gasteiger partial charge in [0.15, 0.2) is 0 Å². The molecule has 1 atom stereocenters. The highest BCUT2D eigenvalue weighted by Crippen LogP contribution is 2.17. The summed E-state index contributed by atoms with van der Waals surface area (Å²) >= 11 is 5.88. The zero-order valence-corrected chi connectivity index (χ0v) is 18.2. The van der Waals surface area contributed by atoms with Gasteiger partial charge in [0.05, 0.1) is 10.9 Å². The van der Waals surface area contributed by atoms with Crippen molar-refractivity contribution in [1.82, 2.24) is 10.0 Å². The van der Waals surface area contributed by atoms with Crippen LogP contribution < -0.4 is 10.0 Å². The first-order chi connectivity index (χ1) is 13.0. The van der Waals surface area contributed by atoms with Gasteiger partial charge in [0.25, 0.3) is 0 Å². The number of hydrogen-bond acceptors (Lipinski definition) is 3. The molecule has 28 heavy (non-hydrogen) atoms. The van der Waals surface area contributed by atoms with Crippen LogP contribution in [0.5, 0.6) is 0 Å². The Hall–Kier alpha value is -1.89. The number of amides is 1. The minimum absolute atomic E-state index is 0.0615. The van der Waals surface area contributed by atoms with Crippen molar-refractivity contribution >= 4 is 27.5 Å². The molecule has 2 N–H and O–H groups in total. The van der Waals surface area contributed by atoms with E-state index < -0.39 is 15.6 Å². The third kappa shape index (κ3) is 6.93. The van der Waals surface area contributed by atoms with Crippen LogP contribution in [0.15, 0.2) is 53.4 Å². The number of carbonyl (C=O) groups is 1. The van der Waals surface area contributed by atoms with Crippen molar-refractivity contribution in [1.29, 1.82) is 0 Å². The maximum Gasteiger partial charge on any atom is 0.241 e. The molecule has 152 valence electrons. The lowest BCUT2D eigenvalue weighted by molar-refractivity contribution is -0.121. The molecule has 0 spiro atoms. The molecule has 2 rings (SSSR count). The largest absolute Gasteiger partial charge is 0.350 e. The van der Waals surface area contributed by atoms with Crippen LogP contribution in [0.4, 0.5) is 0 Å². The molecule has 1 unspecified atom stereocenters. The van der Waals surface area contributed by atoms with E-state index in [4.69, 9.17) is 11.6 Å². The zero-order chi connectivity index (χ0) is 20.9. The SMILES string of the molecule is CC(NC(=O)CCc1ccc(S(=O)(=O)NC(C)(C)C)cc1)c1ccc(Cl)cc1. The van der Waals surface area contributed by atoms with Crippen molar-refractivity contribution in [2.24, 2.45) is 0 Å². The highest BCUT2D eigenvalue weighted by Gasteiger charge is 2.21. The van der Waals surface area contributed by atoms with Crippen molar-refractivity contribution < 1.29 is 13.2 Å². The lowest BCUT2D eigenvalue weighted by Crippen LogP contribution is -2.40. The first kappa shape index (κ1) is 22.4. The van der Waals surface area contributed by atoms with E-state index in [1.807, 2.05) is 19.1 Å². The average Bonchev–Trinajstić information content (AvgIpc) is 2.59. The number of hydrogen-bond donors (Lipinski definition) is 2. The number of carbonyl (C=O) groups excluding carboxylic acids is 1. The number of rotatable bonds is 7. The Bertz CT molecular complexity index is 902. The second kappa shape index (κ2) is 9.07. The summed E-state index contributed by atoms with van der Waals surface area (Å²) in [7, 11) is -3.55. The fraction of sp³-hybridized carbons (Fsp3) is 0.381. The second-order valence-corrected chi connectivity index (χ2v) is 9.96. The molecule has 7 heteroatoms. The van der Waals surface area contributed by atoms with E-state index in [0.717, 1.165) is 11.1 Å². The number of aryl methyl sites for hydroxylation is 1. The van der Waals surface area contributed by atoms with Crippen LogP contribution in [-0.2, 0) is 21.2 Å². The lowest BCUT2D eigenvalue weighted by Gasteiger charge is -2.20. The predicted octanol–water partition coefficient (Wildman–Crippen LogP) is 4.23. The van der Waals surface area contributed by atoms with E-state index in [0.29, 0.717) is 17.9 Å². The Morgan fingerprint density at radius 3 is 2.14 bits per heavy atom. The Morgan fingerprint density at radius 1 is 1.04 bits per heavy atom. The highest BCUT2D eigenvalue weighted by molar-refractivity contribution is 7.89. The molecule has 2 aromatic rings. The van der Waals surface area contributed by atoms with E-state index in [1.165, 1.54) is 0 Å². The molecule has 0 aliphatic heterocycles. The molecular formula is C21H27ClN2O3S. The van der Waals surface area contributed by atoms with Crippen molar-refractivity contribution in [3.8, 4) is 0 Å². The molecule has 0 aliphatic carbocycles. The van der Waals surface area contributed by atoms with Crippen LogP contribution in [0.3, 0.4) is 0 Å². The number of benzene rings is 2. The Kier molecular flexibility index (Phi) is 7.26. The van der Waals surface area contributed by atoms with Gasteiger partial charge in [-0.25, -0.2) is 13.1 Å². The van der Waals surface area contributed by atoms with Gasteiger partial charge in [0.1, 0.15) is 0 Å². The number of halogens is 1. The predicted molar refractivity (Wildman–Crippen MR) is 113 cm³/mol. The van der Waals surface area contributed by atoms with E-state index in [-0.39, 0.29) is 16.8 Å². The first-order valence-corrected chi connectivity index (χ1v) is 11.0. The topological polar surface area (TPSA) is 75.3 Å². The van der Waals surface area contributed by atoms with Crippen LogP contribution in [0, 0.1) is 0 Å². The molecule has 0 saturated carbocycles. The quantitative estimate of drug-likeness (QED) is 0.701. The molecule has 0 bridgehead atoms. The van der Waals surface area contributed by atoms with Crippen LogP contribution in [0.2, 0.25) is 5.02 Å². The van der Waals surface area contributed by atoms with Gasteiger partial charge in [-0.15, -0.1) is 0 Å². The summed E-state index contributed by atoms with van der Waals surface area (Å²) in [6, 6.07) is 13.9. The number of sulfonamides is 1. The standard InChI is InChI=1S/C21H27ClN2O3S/c1-15(17-8-10-18(22)11-9-17)23-20(25)14-7-16-5-12-19(13-6-16)28(26,27)24-21(2,3)4/h5-6,8-13,15,24H,7,14H2,1-4H3,(H,23,25). The van der Waals surface area contributed by atoms with Crippen molar-refractivity contribution in [2.45, 2.75) is 57.0 Å². The summed E-state index contributed by atoms with van der Waals surface area (Å²) < 4.78 is 27.3. The van der Waals surface area contributed by atoms with Gasteiger partial charge in [-0.2, -0.15) is 0 Å². The molecule has 0 aliphatic rings. The van der Waals surface area contributed by atoms with E-state index >= 15 is 0 Å². The van der Waals surface area contributed by atoms with Crippen molar-refractivity contribution in [3.63, 3.8) is 0 Å². The summed E-state index contributed by atoms with van der Waals surface area (Å²) in [4.78, 5) is 12.4. The fourth-order valence-electron chi connectivity index (χ4n) is 2.70. The minimum Gasteiger partial charge on any atom is -0.350 e. The van der Waals surface area contributed by atoms with Gasteiger partial charge in [-0.1, -0.05) is 35.9 Å². The van der Waals surface area contributed by atoms with Crippen LogP contribution in [-0.4, -0.2) is 19.9 Å². The number of nitrogens with one attached hydrogen (secondary N) is 2. The average molecular weight is 423 g/mol. The van der Waals surface area contributed by atoms with Crippen LogP contribution >= 0.6 is 11.6 Å². The molecule has 0 fully saturated rings. The van der Waals surface area contributed by atoms with Crippen LogP contribution in [0.1, 0.15) is 51.3 Å². The summed E-state index contributed by atoms with van der Waals surface area (Å²) in [6.45, 7) is 7.30. The van der Waals surface area contributed by atoms with Gasteiger partial charge in [-0.05, 0) is 69.5 Å². The maximum atomic E-state index is 12.3. The molecule has 0 radical (unpaired) electrons. The van der Waals surface area contributed by atoms with E-state index in [9.17, 15) is 13.2 Å². The second-order valence-electron chi connectivity index (χ2n) is 7.84. The first-order valence-electron chi connectivity index (χ1n) is 9.14. The summed E-state index contributed by atoms with van der Waals surface area (Å²) in [5.74, 6) is -0.0615. The third-order valence-electron chi connectivity index (χ3n) is 4.06. The molecule has 0 aromatic heterocycles. The summed E-state index contributed by atoms with van der Waals surface area (Å²) in [6.07, 6.45) is 0.858. The molecule has 5 nitrogen and oxygen atoms in total. The molecule has 0 saturated heterocycles. The fourth-order valence-corrected chi connectivity index (χ4v) is 4.25. The van der Waals surface area contributed by atoms with Gasteiger partial charge in [0.2, 0.25) is 15.9 Å². The molecule has 0 heterocycles. The van der Waals surface area contributed by atoms with E-state index in [2.05, 4.69) is 10.0 Å². The summed E-state index contributed by atoms with van der Waals surface area (Å²) in [5.41, 5.74) is 1.35. The van der Waals surface area contributed by atoms with E-state index in [1.54, 1.807) is 57.2 Å². The highest BCUT2D eigenvalue weighted by atomic mass is 35.5. The van der Waals surface area contributed by atoms with Crippen molar-refractivity contribution in [3.05, 3.63) is 64.7 Å². The zero-order valence-electron chi connectivity index (χ0n) is 16.6. The summed E-state index contributed by atoms with van der Waals surface area (Å²) in [5, 5.41) is 3.62. The van der Waals surface area contributed by atoms with Gasteiger partial charge < -0.3 is 5.32 Å². The molecular weight excluding hydrogens is 396 g/mol. The smallest absolute Gasteiger partial charge is 0.241 e. The Balaban J connectivity index is 1.90. The van der Waals surface area contributed by atoms with Crippen LogP contribution in [0.25, 0.3) is 0 Å². The van der Waals surface area contributed by atoms with Crippen molar-refractivity contribution in [2.75, 3.05) is 0 Å². The monoisotopic (exact) mass is 422 g/mol. The molecule has 1 amide bonds. The Morgan fingerprint density at radius 2 is 1.61 bits per heavy atom.